The number of nitrogens with one attached hydrogen (secondary N) is 1. The van der Waals surface area contributed by atoms with Gasteiger partial charge in [-0.3, -0.25) is 9.59 Å². The van der Waals surface area contributed by atoms with E-state index in [1.165, 1.54) is 0 Å². The molecule has 4 atom stereocenters. The molecule has 2 aliphatic rings. The van der Waals surface area contributed by atoms with Crippen molar-refractivity contribution in [2.75, 3.05) is 7.05 Å². The van der Waals surface area contributed by atoms with Crippen LogP contribution in [0.5, 0.6) is 0 Å². The zero-order chi connectivity index (χ0) is 16.6. The standard InChI is InChI=1S/C18H23ClN2O2/c1-11-5-3-8-15(11)20-18(23)14-10-16(22)21(2)17(14)12-6-4-7-13(19)9-12/h4,6-7,9,11,14-15,17H,3,5,8,10H2,1-2H3,(H,20,23). The highest BCUT2D eigenvalue weighted by Gasteiger charge is 2.43. The van der Waals surface area contributed by atoms with Crippen molar-refractivity contribution < 1.29 is 9.59 Å². The monoisotopic (exact) mass is 334 g/mol. The van der Waals surface area contributed by atoms with Gasteiger partial charge in [0, 0.05) is 24.5 Å². The predicted octanol–water partition coefficient (Wildman–Crippen LogP) is 3.16. The number of hydrogen-bond donors (Lipinski definition) is 1. The van der Waals surface area contributed by atoms with Crippen molar-refractivity contribution >= 4 is 23.4 Å². The number of amides is 2. The van der Waals surface area contributed by atoms with Crippen molar-refractivity contribution in [3.05, 3.63) is 34.9 Å². The Labute approximate surface area is 142 Å². The van der Waals surface area contributed by atoms with Gasteiger partial charge in [0.2, 0.25) is 11.8 Å². The normalized spacial score (nSPS) is 30.7. The molecule has 0 radical (unpaired) electrons. The van der Waals surface area contributed by atoms with Crippen molar-refractivity contribution in [1.82, 2.24) is 10.2 Å². The minimum atomic E-state index is -0.348. The maximum atomic E-state index is 12.8. The van der Waals surface area contributed by atoms with Gasteiger partial charge in [0.1, 0.15) is 0 Å². The van der Waals surface area contributed by atoms with Crippen molar-refractivity contribution in [2.45, 2.75) is 44.7 Å². The molecule has 5 heteroatoms. The molecule has 23 heavy (non-hydrogen) atoms. The van der Waals surface area contributed by atoms with Crippen LogP contribution in [0.1, 0.15) is 44.2 Å². The number of carbonyl (C=O) groups excluding carboxylic acids is 2. The van der Waals surface area contributed by atoms with E-state index < -0.39 is 0 Å². The number of rotatable bonds is 3. The van der Waals surface area contributed by atoms with Gasteiger partial charge in [-0.05, 0) is 36.5 Å². The molecule has 1 aromatic carbocycles. The van der Waals surface area contributed by atoms with E-state index in [-0.39, 0.29) is 36.2 Å². The van der Waals surface area contributed by atoms with Gasteiger partial charge in [-0.1, -0.05) is 37.1 Å². The number of likely N-dealkylation sites (tertiary alicyclic amines) is 1. The number of nitrogens with zero attached hydrogens (tertiary/aromatic N) is 1. The molecule has 4 nitrogen and oxygen atoms in total. The number of carbonyl (C=O) groups is 2. The van der Waals surface area contributed by atoms with Gasteiger partial charge in [0.05, 0.1) is 12.0 Å². The molecule has 2 amide bonds. The molecular weight excluding hydrogens is 312 g/mol. The molecule has 1 saturated heterocycles. The molecule has 0 aromatic heterocycles. The van der Waals surface area contributed by atoms with Crippen LogP contribution in [0.25, 0.3) is 0 Å². The van der Waals surface area contributed by atoms with E-state index >= 15 is 0 Å². The summed E-state index contributed by atoms with van der Waals surface area (Å²) in [6, 6.07) is 7.45. The smallest absolute Gasteiger partial charge is 0.226 e. The molecule has 0 bridgehead atoms. The van der Waals surface area contributed by atoms with Crippen LogP contribution in [0.4, 0.5) is 0 Å². The van der Waals surface area contributed by atoms with Crippen LogP contribution in [-0.2, 0) is 9.59 Å². The van der Waals surface area contributed by atoms with Gasteiger partial charge in [-0.25, -0.2) is 0 Å². The van der Waals surface area contributed by atoms with Gasteiger partial charge in [0.15, 0.2) is 0 Å². The second kappa shape index (κ2) is 6.52. The van der Waals surface area contributed by atoms with Crippen LogP contribution in [0, 0.1) is 11.8 Å². The van der Waals surface area contributed by atoms with Crippen LogP contribution < -0.4 is 5.32 Å². The fraction of sp³-hybridized carbons (Fsp3) is 0.556. The Kier molecular flexibility index (Phi) is 4.62. The Hall–Kier alpha value is -1.55. The minimum absolute atomic E-state index is 0.00794. The minimum Gasteiger partial charge on any atom is -0.353 e. The molecule has 1 aromatic rings. The van der Waals surface area contributed by atoms with Crippen LogP contribution >= 0.6 is 11.6 Å². The molecule has 2 fully saturated rings. The van der Waals surface area contributed by atoms with Crippen LogP contribution in [0.2, 0.25) is 5.02 Å². The summed E-state index contributed by atoms with van der Waals surface area (Å²) in [4.78, 5) is 26.6. The lowest BCUT2D eigenvalue weighted by Crippen LogP contribution is -2.41. The quantitative estimate of drug-likeness (QED) is 0.923. The molecule has 0 spiro atoms. The molecule has 1 heterocycles. The van der Waals surface area contributed by atoms with Gasteiger partial charge >= 0.3 is 0 Å². The van der Waals surface area contributed by atoms with Crippen LogP contribution in [-0.4, -0.2) is 29.8 Å². The van der Waals surface area contributed by atoms with E-state index in [1.54, 1.807) is 18.0 Å². The first-order chi connectivity index (χ1) is 11.0. The van der Waals surface area contributed by atoms with E-state index in [2.05, 4.69) is 12.2 Å². The second-order valence-corrected chi connectivity index (χ2v) is 7.27. The van der Waals surface area contributed by atoms with Crippen molar-refractivity contribution in [1.29, 1.82) is 0 Å². The van der Waals surface area contributed by atoms with Crippen molar-refractivity contribution in [3.63, 3.8) is 0 Å². The zero-order valence-corrected chi connectivity index (χ0v) is 14.3. The number of hydrogen-bond acceptors (Lipinski definition) is 2. The lowest BCUT2D eigenvalue weighted by atomic mass is 9.92. The number of benzene rings is 1. The third kappa shape index (κ3) is 3.23. The molecule has 4 unspecified atom stereocenters. The Balaban J connectivity index is 1.81. The average molecular weight is 335 g/mol. The lowest BCUT2D eigenvalue weighted by molar-refractivity contribution is -0.128. The zero-order valence-electron chi connectivity index (χ0n) is 13.6. The average Bonchev–Trinajstić information content (AvgIpc) is 3.04. The molecule has 1 aliphatic heterocycles. The summed E-state index contributed by atoms with van der Waals surface area (Å²) in [6.45, 7) is 2.18. The predicted molar refractivity (Wildman–Crippen MR) is 90.0 cm³/mol. The maximum absolute atomic E-state index is 12.8. The third-order valence-corrected chi connectivity index (χ3v) is 5.54. The van der Waals surface area contributed by atoms with Crippen molar-refractivity contribution in [2.24, 2.45) is 11.8 Å². The first-order valence-electron chi connectivity index (χ1n) is 8.29. The highest BCUT2D eigenvalue weighted by atomic mass is 35.5. The van der Waals surface area contributed by atoms with E-state index in [4.69, 9.17) is 11.6 Å². The first-order valence-corrected chi connectivity index (χ1v) is 8.66. The maximum Gasteiger partial charge on any atom is 0.226 e. The lowest BCUT2D eigenvalue weighted by Gasteiger charge is -2.27. The van der Waals surface area contributed by atoms with Crippen molar-refractivity contribution in [3.8, 4) is 0 Å². The Morgan fingerprint density at radius 3 is 2.78 bits per heavy atom. The van der Waals surface area contributed by atoms with E-state index in [0.29, 0.717) is 10.9 Å². The largest absolute Gasteiger partial charge is 0.353 e. The summed E-state index contributed by atoms with van der Waals surface area (Å²) in [7, 11) is 1.76. The van der Waals surface area contributed by atoms with E-state index in [0.717, 1.165) is 24.8 Å². The summed E-state index contributed by atoms with van der Waals surface area (Å²) in [5, 5.41) is 3.80. The summed E-state index contributed by atoms with van der Waals surface area (Å²) in [5.41, 5.74) is 0.922. The van der Waals surface area contributed by atoms with Gasteiger partial charge < -0.3 is 10.2 Å². The van der Waals surface area contributed by atoms with Gasteiger partial charge in [-0.15, -0.1) is 0 Å². The fourth-order valence-electron chi connectivity index (χ4n) is 3.90. The Morgan fingerprint density at radius 2 is 2.13 bits per heavy atom. The highest BCUT2D eigenvalue weighted by Crippen LogP contribution is 2.38. The van der Waals surface area contributed by atoms with Gasteiger partial charge in [-0.2, -0.15) is 0 Å². The summed E-state index contributed by atoms with van der Waals surface area (Å²) in [6.07, 6.45) is 3.62. The topological polar surface area (TPSA) is 49.4 Å². The Bertz CT molecular complexity index is 619. The SMILES string of the molecule is CC1CCCC1NC(=O)C1CC(=O)N(C)C1c1cccc(Cl)c1. The summed E-state index contributed by atoms with van der Waals surface area (Å²) < 4.78 is 0. The third-order valence-electron chi connectivity index (χ3n) is 5.30. The molecule has 1 N–H and O–H groups in total. The van der Waals surface area contributed by atoms with E-state index in [1.807, 2.05) is 18.2 Å². The van der Waals surface area contributed by atoms with Gasteiger partial charge in [0.25, 0.3) is 0 Å². The fourth-order valence-corrected chi connectivity index (χ4v) is 4.10. The second-order valence-electron chi connectivity index (χ2n) is 6.84. The Morgan fingerprint density at radius 1 is 1.35 bits per heavy atom. The molecule has 3 rings (SSSR count). The molecular formula is C18H23ClN2O2. The van der Waals surface area contributed by atoms with E-state index in [9.17, 15) is 9.59 Å². The summed E-state index contributed by atoms with van der Waals surface area (Å²) in [5.74, 6) is 0.165. The molecule has 1 saturated carbocycles. The first kappa shape index (κ1) is 16.3. The molecule has 1 aliphatic carbocycles. The molecule has 124 valence electrons. The van der Waals surface area contributed by atoms with Crippen LogP contribution in [0.3, 0.4) is 0 Å². The summed E-state index contributed by atoms with van der Waals surface area (Å²) >= 11 is 6.09. The van der Waals surface area contributed by atoms with Crippen LogP contribution in [0.15, 0.2) is 24.3 Å². The highest BCUT2D eigenvalue weighted by molar-refractivity contribution is 6.30. The number of halogens is 1.